The summed E-state index contributed by atoms with van der Waals surface area (Å²) in [6.45, 7) is 3.66. The number of hydrogen-bond donors (Lipinski definition) is 1. The maximum absolute atomic E-state index is 11.5. The summed E-state index contributed by atoms with van der Waals surface area (Å²) in [5, 5.41) is 9.28. The lowest BCUT2D eigenvalue weighted by Gasteiger charge is -2.31. The van der Waals surface area contributed by atoms with E-state index in [9.17, 15) is 14.7 Å². The van der Waals surface area contributed by atoms with Crippen LogP contribution in [0.4, 0.5) is 0 Å². The fourth-order valence-electron chi connectivity index (χ4n) is 2.49. The standard InChI is InChI=1S/C13H18N2O3/c1-13(12(17)18)6-4-8-15(13)10-9-14-7-3-2-5-11(14)16/h2-3,5,7H,4,6,8-10H2,1H3,(H,17,18). The van der Waals surface area contributed by atoms with E-state index in [1.54, 1.807) is 23.8 Å². The van der Waals surface area contributed by atoms with Gasteiger partial charge in [-0.15, -0.1) is 0 Å². The van der Waals surface area contributed by atoms with Crippen molar-refractivity contribution in [2.75, 3.05) is 13.1 Å². The monoisotopic (exact) mass is 250 g/mol. The average Bonchev–Trinajstić information content (AvgIpc) is 2.71. The molecule has 98 valence electrons. The van der Waals surface area contributed by atoms with Crippen LogP contribution in [0, 0.1) is 0 Å². The molecule has 1 aliphatic heterocycles. The Morgan fingerprint density at radius 1 is 1.44 bits per heavy atom. The number of hydrogen-bond acceptors (Lipinski definition) is 3. The number of nitrogens with zero attached hydrogens (tertiary/aromatic N) is 2. The van der Waals surface area contributed by atoms with Gasteiger partial charge in [-0.1, -0.05) is 6.07 Å². The highest BCUT2D eigenvalue weighted by Crippen LogP contribution is 2.28. The van der Waals surface area contributed by atoms with Crippen LogP contribution in [-0.2, 0) is 11.3 Å². The van der Waals surface area contributed by atoms with Gasteiger partial charge >= 0.3 is 5.97 Å². The van der Waals surface area contributed by atoms with Crippen LogP contribution in [0.25, 0.3) is 0 Å². The SMILES string of the molecule is CC1(C(=O)O)CCCN1CCn1ccccc1=O. The van der Waals surface area contributed by atoms with Crippen LogP contribution >= 0.6 is 0 Å². The topological polar surface area (TPSA) is 62.5 Å². The van der Waals surface area contributed by atoms with Crippen LogP contribution in [0.3, 0.4) is 0 Å². The average molecular weight is 250 g/mol. The van der Waals surface area contributed by atoms with Crippen molar-refractivity contribution in [1.82, 2.24) is 9.47 Å². The minimum atomic E-state index is -0.779. The molecule has 1 aliphatic rings. The Morgan fingerprint density at radius 2 is 2.22 bits per heavy atom. The molecule has 18 heavy (non-hydrogen) atoms. The molecule has 2 rings (SSSR count). The molecule has 0 saturated carbocycles. The van der Waals surface area contributed by atoms with E-state index in [-0.39, 0.29) is 5.56 Å². The third-order valence-electron chi connectivity index (χ3n) is 3.76. The molecule has 1 N–H and O–H groups in total. The number of aromatic nitrogens is 1. The highest BCUT2D eigenvalue weighted by atomic mass is 16.4. The Kier molecular flexibility index (Phi) is 3.52. The quantitative estimate of drug-likeness (QED) is 0.858. The van der Waals surface area contributed by atoms with E-state index in [4.69, 9.17) is 0 Å². The van der Waals surface area contributed by atoms with Gasteiger partial charge in [0.2, 0.25) is 0 Å². The molecule has 0 bridgehead atoms. The first kappa shape index (κ1) is 12.8. The van der Waals surface area contributed by atoms with Crippen molar-refractivity contribution in [2.45, 2.75) is 31.8 Å². The molecule has 1 aromatic heterocycles. The summed E-state index contributed by atoms with van der Waals surface area (Å²) in [7, 11) is 0. The minimum absolute atomic E-state index is 0.0475. The highest BCUT2D eigenvalue weighted by Gasteiger charge is 2.42. The van der Waals surface area contributed by atoms with Crippen LogP contribution < -0.4 is 5.56 Å². The zero-order chi connectivity index (χ0) is 13.2. The van der Waals surface area contributed by atoms with E-state index >= 15 is 0 Å². The fourth-order valence-corrected chi connectivity index (χ4v) is 2.49. The molecule has 1 atom stereocenters. The lowest BCUT2D eigenvalue weighted by Crippen LogP contribution is -2.49. The molecule has 1 saturated heterocycles. The van der Waals surface area contributed by atoms with E-state index in [1.165, 1.54) is 6.07 Å². The number of carboxylic acids is 1. The Hall–Kier alpha value is -1.62. The first-order valence-electron chi connectivity index (χ1n) is 6.18. The Balaban J connectivity index is 2.05. The number of likely N-dealkylation sites (tertiary alicyclic amines) is 1. The van der Waals surface area contributed by atoms with Gasteiger partial charge in [0.05, 0.1) is 0 Å². The summed E-state index contributed by atoms with van der Waals surface area (Å²) in [5.74, 6) is -0.777. The molecular weight excluding hydrogens is 232 g/mol. The first-order chi connectivity index (χ1) is 8.54. The predicted molar refractivity (Wildman–Crippen MR) is 67.5 cm³/mol. The van der Waals surface area contributed by atoms with Crippen molar-refractivity contribution in [3.05, 3.63) is 34.7 Å². The summed E-state index contributed by atoms with van der Waals surface area (Å²) in [6, 6.07) is 5.03. The van der Waals surface area contributed by atoms with Crippen LogP contribution in [0.2, 0.25) is 0 Å². The molecule has 1 unspecified atom stereocenters. The molecule has 5 nitrogen and oxygen atoms in total. The second-order valence-electron chi connectivity index (χ2n) is 4.90. The Bertz CT molecular complexity index is 497. The second kappa shape index (κ2) is 4.94. The molecule has 2 heterocycles. The molecule has 1 fully saturated rings. The van der Waals surface area contributed by atoms with Crippen molar-refractivity contribution in [3.63, 3.8) is 0 Å². The number of rotatable bonds is 4. The van der Waals surface area contributed by atoms with Crippen LogP contribution in [0.5, 0.6) is 0 Å². The van der Waals surface area contributed by atoms with Gasteiger partial charge in [-0.05, 0) is 32.4 Å². The zero-order valence-electron chi connectivity index (χ0n) is 10.5. The summed E-state index contributed by atoms with van der Waals surface area (Å²) < 4.78 is 1.61. The maximum Gasteiger partial charge on any atom is 0.323 e. The van der Waals surface area contributed by atoms with Gasteiger partial charge in [0.1, 0.15) is 5.54 Å². The molecule has 5 heteroatoms. The van der Waals surface area contributed by atoms with Crippen molar-refractivity contribution >= 4 is 5.97 Å². The van der Waals surface area contributed by atoms with E-state index in [2.05, 4.69) is 0 Å². The number of aliphatic carboxylic acids is 1. The molecule has 0 amide bonds. The third-order valence-corrected chi connectivity index (χ3v) is 3.76. The van der Waals surface area contributed by atoms with Crippen molar-refractivity contribution in [2.24, 2.45) is 0 Å². The van der Waals surface area contributed by atoms with E-state index in [0.717, 1.165) is 13.0 Å². The van der Waals surface area contributed by atoms with Gasteiger partial charge in [0.15, 0.2) is 0 Å². The lowest BCUT2D eigenvalue weighted by atomic mass is 9.99. The predicted octanol–water partition coefficient (Wildman–Crippen LogP) is 0.787. The molecular formula is C13H18N2O3. The van der Waals surface area contributed by atoms with Crippen molar-refractivity contribution < 1.29 is 9.90 Å². The van der Waals surface area contributed by atoms with E-state index < -0.39 is 11.5 Å². The third kappa shape index (κ3) is 2.31. The fraction of sp³-hybridized carbons (Fsp3) is 0.538. The number of pyridine rings is 1. The van der Waals surface area contributed by atoms with Gasteiger partial charge in [-0.25, -0.2) is 0 Å². The molecule has 0 spiro atoms. The summed E-state index contributed by atoms with van der Waals surface area (Å²) in [6.07, 6.45) is 3.30. The normalized spacial score (nSPS) is 24.3. The van der Waals surface area contributed by atoms with Crippen molar-refractivity contribution in [3.8, 4) is 0 Å². The second-order valence-corrected chi connectivity index (χ2v) is 4.90. The van der Waals surface area contributed by atoms with E-state index in [1.807, 2.05) is 11.0 Å². The smallest absolute Gasteiger partial charge is 0.323 e. The van der Waals surface area contributed by atoms with Gasteiger partial charge in [0.25, 0.3) is 5.56 Å². The number of carboxylic acid groups (broad SMARTS) is 1. The van der Waals surface area contributed by atoms with Gasteiger partial charge < -0.3 is 9.67 Å². The summed E-state index contributed by atoms with van der Waals surface area (Å²) in [5.41, 5.74) is -0.827. The molecule has 1 aromatic rings. The van der Waals surface area contributed by atoms with Crippen LogP contribution in [-0.4, -0.2) is 39.2 Å². The molecule has 0 radical (unpaired) electrons. The Morgan fingerprint density at radius 3 is 2.89 bits per heavy atom. The number of carbonyl (C=O) groups is 1. The van der Waals surface area contributed by atoms with Gasteiger partial charge in [-0.3, -0.25) is 14.5 Å². The maximum atomic E-state index is 11.5. The van der Waals surface area contributed by atoms with Crippen molar-refractivity contribution in [1.29, 1.82) is 0 Å². The Labute approximate surface area is 106 Å². The zero-order valence-corrected chi connectivity index (χ0v) is 10.5. The lowest BCUT2D eigenvalue weighted by molar-refractivity contribution is -0.148. The summed E-state index contributed by atoms with van der Waals surface area (Å²) >= 11 is 0. The van der Waals surface area contributed by atoms with Crippen LogP contribution in [0.15, 0.2) is 29.2 Å². The first-order valence-corrected chi connectivity index (χ1v) is 6.18. The van der Waals surface area contributed by atoms with Gasteiger partial charge in [-0.2, -0.15) is 0 Å². The van der Waals surface area contributed by atoms with Crippen LogP contribution in [0.1, 0.15) is 19.8 Å². The largest absolute Gasteiger partial charge is 0.480 e. The molecule has 0 aromatic carbocycles. The van der Waals surface area contributed by atoms with Gasteiger partial charge in [0, 0.05) is 25.4 Å². The molecule has 0 aliphatic carbocycles. The summed E-state index contributed by atoms with van der Waals surface area (Å²) in [4.78, 5) is 24.8. The van der Waals surface area contributed by atoms with E-state index in [0.29, 0.717) is 19.5 Å². The highest BCUT2D eigenvalue weighted by molar-refractivity contribution is 5.78. The minimum Gasteiger partial charge on any atom is -0.480 e.